The molecular weight excluding hydrogens is 218 g/mol. The molecule has 0 aliphatic heterocycles. The van der Waals surface area contributed by atoms with Gasteiger partial charge in [0.15, 0.2) is 0 Å². The van der Waals surface area contributed by atoms with Crippen LogP contribution in [0.15, 0.2) is 24.3 Å². The van der Waals surface area contributed by atoms with E-state index in [4.69, 9.17) is 17.3 Å². The van der Waals surface area contributed by atoms with E-state index in [1.165, 1.54) is 31.2 Å². The van der Waals surface area contributed by atoms with Gasteiger partial charge < -0.3 is 5.73 Å². The van der Waals surface area contributed by atoms with Gasteiger partial charge in [-0.25, -0.2) is 0 Å². The fourth-order valence-corrected chi connectivity index (χ4v) is 3.75. The van der Waals surface area contributed by atoms with Crippen LogP contribution >= 0.6 is 11.6 Å². The maximum atomic E-state index is 6.22. The van der Waals surface area contributed by atoms with Gasteiger partial charge >= 0.3 is 0 Å². The summed E-state index contributed by atoms with van der Waals surface area (Å²) >= 11 is 6.09. The van der Waals surface area contributed by atoms with Crippen molar-refractivity contribution in [2.45, 2.75) is 43.6 Å². The molecule has 3 rings (SSSR count). The highest BCUT2D eigenvalue weighted by atomic mass is 35.5. The Balaban J connectivity index is 1.96. The third-order valence-electron chi connectivity index (χ3n) is 4.50. The van der Waals surface area contributed by atoms with Crippen LogP contribution in [-0.4, -0.2) is 6.04 Å². The second kappa shape index (κ2) is 3.75. The predicted molar refractivity (Wildman–Crippen MR) is 67.7 cm³/mol. The van der Waals surface area contributed by atoms with Gasteiger partial charge in [-0.3, -0.25) is 0 Å². The van der Waals surface area contributed by atoms with E-state index in [1.807, 2.05) is 6.07 Å². The molecule has 0 heterocycles. The summed E-state index contributed by atoms with van der Waals surface area (Å²) in [6.07, 6.45) is 6.60. The minimum Gasteiger partial charge on any atom is -0.327 e. The van der Waals surface area contributed by atoms with E-state index in [1.54, 1.807) is 0 Å². The quantitative estimate of drug-likeness (QED) is 0.834. The molecule has 2 aliphatic rings. The number of halogens is 1. The molecule has 1 aromatic carbocycles. The first-order valence-electron chi connectivity index (χ1n) is 6.25. The summed E-state index contributed by atoms with van der Waals surface area (Å²) in [4.78, 5) is 0. The zero-order valence-electron chi connectivity index (χ0n) is 9.45. The molecule has 0 saturated heterocycles. The number of hydrogen-bond donors (Lipinski definition) is 1. The first-order valence-corrected chi connectivity index (χ1v) is 6.63. The summed E-state index contributed by atoms with van der Waals surface area (Å²) in [6, 6.07) is 8.68. The standard InChI is InChI=1S/C14H18ClN/c15-12-7-3-6-11(8-12)14(9-13(14)16)10-4-1-2-5-10/h3,6-8,10,13H,1-2,4-5,9,16H2/t13-,14?/m1/s1. The number of hydrogen-bond acceptors (Lipinski definition) is 1. The van der Waals surface area contributed by atoms with Crippen LogP contribution in [0.4, 0.5) is 0 Å². The number of rotatable bonds is 2. The largest absolute Gasteiger partial charge is 0.327 e. The second-order valence-electron chi connectivity index (χ2n) is 5.34. The van der Waals surface area contributed by atoms with Gasteiger partial charge in [0.1, 0.15) is 0 Å². The monoisotopic (exact) mass is 235 g/mol. The van der Waals surface area contributed by atoms with Crippen molar-refractivity contribution in [3.63, 3.8) is 0 Å². The van der Waals surface area contributed by atoms with Gasteiger partial charge in [-0.1, -0.05) is 36.6 Å². The third kappa shape index (κ3) is 1.49. The molecule has 0 amide bonds. The Labute approximate surface area is 102 Å². The van der Waals surface area contributed by atoms with Gasteiger partial charge in [-0.15, -0.1) is 0 Å². The molecule has 86 valence electrons. The summed E-state index contributed by atoms with van der Waals surface area (Å²) in [5.74, 6) is 0.793. The van der Waals surface area contributed by atoms with Crippen molar-refractivity contribution in [1.29, 1.82) is 0 Å². The topological polar surface area (TPSA) is 26.0 Å². The molecule has 2 N–H and O–H groups in total. The number of nitrogens with two attached hydrogens (primary N) is 1. The smallest absolute Gasteiger partial charge is 0.0408 e. The van der Waals surface area contributed by atoms with Crippen molar-refractivity contribution in [3.05, 3.63) is 34.9 Å². The van der Waals surface area contributed by atoms with Crippen molar-refractivity contribution in [2.24, 2.45) is 11.7 Å². The third-order valence-corrected chi connectivity index (χ3v) is 4.74. The molecule has 16 heavy (non-hydrogen) atoms. The summed E-state index contributed by atoms with van der Waals surface area (Å²) in [7, 11) is 0. The molecule has 1 nitrogen and oxygen atoms in total. The van der Waals surface area contributed by atoms with Crippen LogP contribution in [0.5, 0.6) is 0 Å². The highest BCUT2D eigenvalue weighted by Crippen LogP contribution is 2.57. The molecule has 2 aliphatic carbocycles. The molecule has 2 atom stereocenters. The van der Waals surface area contributed by atoms with Crippen LogP contribution in [0.2, 0.25) is 5.02 Å². The Morgan fingerprint density at radius 2 is 1.94 bits per heavy atom. The van der Waals surface area contributed by atoms with Crippen LogP contribution in [0.3, 0.4) is 0 Å². The first kappa shape index (κ1) is 10.6. The minimum absolute atomic E-state index is 0.265. The van der Waals surface area contributed by atoms with Crippen LogP contribution in [0.25, 0.3) is 0 Å². The molecule has 1 aromatic rings. The Morgan fingerprint density at radius 1 is 1.25 bits per heavy atom. The van der Waals surface area contributed by atoms with E-state index in [0.29, 0.717) is 6.04 Å². The van der Waals surface area contributed by atoms with Crippen LogP contribution in [-0.2, 0) is 5.41 Å². The molecular formula is C14H18ClN. The maximum Gasteiger partial charge on any atom is 0.0408 e. The molecule has 0 aromatic heterocycles. The molecule has 2 heteroatoms. The van der Waals surface area contributed by atoms with Crippen LogP contribution in [0.1, 0.15) is 37.7 Å². The lowest BCUT2D eigenvalue weighted by Crippen LogP contribution is -2.26. The van der Waals surface area contributed by atoms with Crippen molar-refractivity contribution in [2.75, 3.05) is 0 Å². The van der Waals surface area contributed by atoms with Gasteiger partial charge in [0.25, 0.3) is 0 Å². The Bertz CT molecular complexity index is 397. The van der Waals surface area contributed by atoms with Crippen LogP contribution in [0, 0.1) is 5.92 Å². The molecule has 2 saturated carbocycles. The van der Waals surface area contributed by atoms with E-state index < -0.39 is 0 Å². The van der Waals surface area contributed by atoms with E-state index in [-0.39, 0.29) is 5.41 Å². The van der Waals surface area contributed by atoms with E-state index in [2.05, 4.69) is 18.2 Å². The Morgan fingerprint density at radius 3 is 2.50 bits per heavy atom. The van der Waals surface area contributed by atoms with E-state index in [9.17, 15) is 0 Å². The summed E-state index contributed by atoms with van der Waals surface area (Å²) < 4.78 is 0. The number of benzene rings is 1. The molecule has 0 spiro atoms. The lowest BCUT2D eigenvalue weighted by atomic mass is 9.81. The lowest BCUT2D eigenvalue weighted by molar-refractivity contribution is 0.404. The van der Waals surface area contributed by atoms with Gasteiger partial charge in [0.05, 0.1) is 0 Å². The zero-order chi connectivity index (χ0) is 11.2. The predicted octanol–water partition coefficient (Wildman–Crippen LogP) is 3.50. The second-order valence-corrected chi connectivity index (χ2v) is 5.78. The Hall–Kier alpha value is -0.530. The van der Waals surface area contributed by atoms with Crippen molar-refractivity contribution >= 4 is 11.6 Å². The van der Waals surface area contributed by atoms with Crippen molar-refractivity contribution in [1.82, 2.24) is 0 Å². The normalized spacial score (nSPS) is 34.2. The van der Waals surface area contributed by atoms with Crippen molar-refractivity contribution in [3.8, 4) is 0 Å². The average Bonchev–Trinajstić information content (AvgIpc) is 2.75. The lowest BCUT2D eigenvalue weighted by Gasteiger charge is -2.24. The summed E-state index contributed by atoms with van der Waals surface area (Å²) in [6.45, 7) is 0. The van der Waals surface area contributed by atoms with Gasteiger partial charge in [0.2, 0.25) is 0 Å². The SMILES string of the molecule is N[C@@H]1CC1(c1cccc(Cl)c1)C1CCCC1. The maximum absolute atomic E-state index is 6.22. The summed E-state index contributed by atoms with van der Waals surface area (Å²) in [5.41, 5.74) is 7.86. The fraction of sp³-hybridized carbons (Fsp3) is 0.571. The van der Waals surface area contributed by atoms with E-state index >= 15 is 0 Å². The van der Waals surface area contributed by atoms with E-state index in [0.717, 1.165) is 17.4 Å². The van der Waals surface area contributed by atoms with Crippen LogP contribution < -0.4 is 5.73 Å². The molecule has 2 fully saturated rings. The molecule has 0 radical (unpaired) electrons. The molecule has 1 unspecified atom stereocenters. The highest BCUT2D eigenvalue weighted by molar-refractivity contribution is 6.30. The first-order chi connectivity index (χ1) is 7.73. The fourth-order valence-electron chi connectivity index (χ4n) is 3.56. The van der Waals surface area contributed by atoms with Gasteiger partial charge in [0, 0.05) is 16.5 Å². The summed E-state index contributed by atoms with van der Waals surface area (Å²) in [5, 5.41) is 0.842. The highest BCUT2D eigenvalue weighted by Gasteiger charge is 2.58. The molecule has 0 bridgehead atoms. The Kier molecular flexibility index (Phi) is 2.49. The van der Waals surface area contributed by atoms with Crippen molar-refractivity contribution < 1.29 is 0 Å². The minimum atomic E-state index is 0.265. The van der Waals surface area contributed by atoms with Gasteiger partial charge in [-0.05, 0) is 42.9 Å². The zero-order valence-corrected chi connectivity index (χ0v) is 10.2. The average molecular weight is 236 g/mol. The van der Waals surface area contributed by atoms with Gasteiger partial charge in [-0.2, -0.15) is 0 Å².